The van der Waals surface area contributed by atoms with Crippen molar-refractivity contribution in [1.82, 2.24) is 24.8 Å². The summed E-state index contributed by atoms with van der Waals surface area (Å²) in [5.74, 6) is 1.38. The van der Waals surface area contributed by atoms with Crippen LogP contribution in [0.25, 0.3) is 5.69 Å². The van der Waals surface area contributed by atoms with Crippen molar-refractivity contribution in [2.45, 2.75) is 20.5 Å². The van der Waals surface area contributed by atoms with Crippen molar-refractivity contribution in [3.63, 3.8) is 0 Å². The molecule has 0 aliphatic carbocycles. The number of pyridine rings is 1. The summed E-state index contributed by atoms with van der Waals surface area (Å²) >= 11 is 0. The SMILES string of the molecule is Cc1cccc(-n2nnn(C)c2=O)c1COc1ccc(Oc2ccccc2C#N)nc1C. The quantitative estimate of drug-likeness (QED) is 0.464. The molecule has 2 aromatic heterocycles. The summed E-state index contributed by atoms with van der Waals surface area (Å²) < 4.78 is 14.2. The van der Waals surface area contributed by atoms with Crippen LogP contribution in [0.15, 0.2) is 59.4 Å². The maximum atomic E-state index is 12.3. The van der Waals surface area contributed by atoms with Crippen molar-refractivity contribution in [2.75, 3.05) is 0 Å². The lowest BCUT2D eigenvalue weighted by molar-refractivity contribution is 0.300. The standard InChI is InChI=1S/C23H20N6O3/c1-15-7-6-9-19(29-23(30)28(3)26-27-29)18(15)14-31-20-11-12-22(25-16(20)2)32-21-10-5-4-8-17(21)13-24/h4-12H,14H2,1-3H3. The first kappa shape index (κ1) is 20.8. The molecular formula is C23H20N6O3. The first-order valence-electron chi connectivity index (χ1n) is 9.83. The lowest BCUT2D eigenvalue weighted by Gasteiger charge is -2.14. The second-order valence-corrected chi connectivity index (χ2v) is 7.10. The van der Waals surface area contributed by atoms with Crippen LogP contribution in [0.5, 0.6) is 17.4 Å². The molecule has 9 heteroatoms. The van der Waals surface area contributed by atoms with E-state index in [1.807, 2.05) is 26.0 Å². The van der Waals surface area contributed by atoms with Gasteiger partial charge in [0.15, 0.2) is 0 Å². The van der Waals surface area contributed by atoms with Crippen LogP contribution in [-0.4, -0.2) is 24.8 Å². The van der Waals surface area contributed by atoms with Gasteiger partial charge in [0.1, 0.15) is 24.2 Å². The minimum atomic E-state index is -0.339. The molecule has 4 rings (SSSR count). The van der Waals surface area contributed by atoms with Crippen LogP contribution in [0, 0.1) is 25.2 Å². The monoisotopic (exact) mass is 428 g/mol. The molecule has 0 radical (unpaired) electrons. The molecule has 0 aliphatic rings. The molecule has 0 unspecified atom stereocenters. The van der Waals surface area contributed by atoms with Crippen LogP contribution in [-0.2, 0) is 13.7 Å². The second-order valence-electron chi connectivity index (χ2n) is 7.10. The van der Waals surface area contributed by atoms with Gasteiger partial charge < -0.3 is 9.47 Å². The number of aryl methyl sites for hydroxylation is 3. The van der Waals surface area contributed by atoms with Crippen molar-refractivity contribution in [1.29, 1.82) is 5.26 Å². The highest BCUT2D eigenvalue weighted by molar-refractivity contribution is 5.46. The average molecular weight is 428 g/mol. The number of hydrogen-bond donors (Lipinski definition) is 0. The second kappa shape index (κ2) is 8.73. The molecule has 9 nitrogen and oxygen atoms in total. The first-order valence-corrected chi connectivity index (χ1v) is 9.83. The van der Waals surface area contributed by atoms with E-state index < -0.39 is 0 Å². The molecule has 0 fully saturated rings. The smallest absolute Gasteiger partial charge is 0.368 e. The van der Waals surface area contributed by atoms with Gasteiger partial charge in [0.2, 0.25) is 5.88 Å². The van der Waals surface area contributed by atoms with Gasteiger partial charge in [-0.15, -0.1) is 0 Å². The average Bonchev–Trinajstić information content (AvgIpc) is 3.12. The molecule has 0 saturated carbocycles. The predicted molar refractivity (Wildman–Crippen MR) is 116 cm³/mol. The van der Waals surface area contributed by atoms with Gasteiger partial charge in [0, 0.05) is 18.7 Å². The Morgan fingerprint density at radius 2 is 1.81 bits per heavy atom. The summed E-state index contributed by atoms with van der Waals surface area (Å²) in [5, 5.41) is 16.9. The van der Waals surface area contributed by atoms with Gasteiger partial charge in [-0.2, -0.15) is 14.6 Å². The van der Waals surface area contributed by atoms with Crippen LogP contribution in [0.4, 0.5) is 0 Å². The molecule has 0 amide bonds. The fourth-order valence-corrected chi connectivity index (χ4v) is 3.18. The maximum Gasteiger partial charge on any atom is 0.368 e. The van der Waals surface area contributed by atoms with Crippen LogP contribution in [0.2, 0.25) is 0 Å². The Hall–Kier alpha value is -4.45. The number of benzene rings is 2. The molecule has 2 heterocycles. The summed E-state index contributed by atoms with van der Waals surface area (Å²) in [6, 6.07) is 18.1. The fourth-order valence-electron chi connectivity index (χ4n) is 3.18. The van der Waals surface area contributed by atoms with Crippen LogP contribution >= 0.6 is 0 Å². The topological polar surface area (TPSA) is 108 Å². The zero-order valence-corrected chi connectivity index (χ0v) is 17.8. The summed E-state index contributed by atoms with van der Waals surface area (Å²) in [6.45, 7) is 3.97. The first-order chi connectivity index (χ1) is 15.5. The summed E-state index contributed by atoms with van der Waals surface area (Å²) in [4.78, 5) is 16.7. The molecule has 160 valence electrons. The van der Waals surface area contributed by atoms with E-state index in [4.69, 9.17) is 9.47 Å². The highest BCUT2D eigenvalue weighted by atomic mass is 16.5. The predicted octanol–water partition coefficient (Wildman–Crippen LogP) is 3.22. The number of hydrogen-bond acceptors (Lipinski definition) is 7. The minimum absolute atomic E-state index is 0.213. The van der Waals surface area contributed by atoms with Crippen LogP contribution < -0.4 is 15.2 Å². The molecule has 0 bridgehead atoms. The van der Waals surface area contributed by atoms with E-state index in [2.05, 4.69) is 21.5 Å². The third kappa shape index (κ3) is 4.06. The summed E-state index contributed by atoms with van der Waals surface area (Å²) in [6.07, 6.45) is 0. The van der Waals surface area contributed by atoms with Crippen LogP contribution in [0.1, 0.15) is 22.4 Å². The van der Waals surface area contributed by atoms with E-state index in [9.17, 15) is 10.1 Å². The third-order valence-corrected chi connectivity index (χ3v) is 4.94. The largest absolute Gasteiger partial charge is 0.487 e. The van der Waals surface area contributed by atoms with E-state index in [-0.39, 0.29) is 12.3 Å². The van der Waals surface area contributed by atoms with Crippen molar-refractivity contribution < 1.29 is 9.47 Å². The highest BCUT2D eigenvalue weighted by Crippen LogP contribution is 2.27. The molecule has 0 saturated heterocycles. The maximum absolute atomic E-state index is 12.3. The number of rotatable bonds is 6. The Morgan fingerprint density at radius 1 is 1.00 bits per heavy atom. The molecule has 0 atom stereocenters. The van der Waals surface area contributed by atoms with Gasteiger partial charge in [-0.1, -0.05) is 24.3 Å². The highest BCUT2D eigenvalue weighted by Gasteiger charge is 2.14. The summed E-state index contributed by atoms with van der Waals surface area (Å²) in [5.41, 5.74) is 3.11. The minimum Gasteiger partial charge on any atom is -0.487 e. The van der Waals surface area contributed by atoms with E-state index in [1.165, 1.54) is 9.36 Å². The van der Waals surface area contributed by atoms with E-state index in [0.29, 0.717) is 34.3 Å². The number of para-hydroxylation sites is 1. The van der Waals surface area contributed by atoms with Gasteiger partial charge in [-0.25, -0.2) is 9.78 Å². The Bertz CT molecular complexity index is 1380. The van der Waals surface area contributed by atoms with E-state index in [0.717, 1.165) is 11.1 Å². The summed E-state index contributed by atoms with van der Waals surface area (Å²) in [7, 11) is 1.55. The normalized spacial score (nSPS) is 10.6. The van der Waals surface area contributed by atoms with Gasteiger partial charge in [0.05, 0.1) is 16.9 Å². The number of nitriles is 1. The Kier molecular flexibility index (Phi) is 5.68. The molecule has 0 spiro atoms. The number of ether oxygens (including phenoxy) is 2. The molecule has 2 aromatic carbocycles. The number of tetrazole rings is 1. The van der Waals surface area contributed by atoms with Crippen molar-refractivity contribution in [3.8, 4) is 29.1 Å². The Morgan fingerprint density at radius 3 is 2.53 bits per heavy atom. The zero-order valence-electron chi connectivity index (χ0n) is 17.8. The van der Waals surface area contributed by atoms with Gasteiger partial charge in [-0.05, 0) is 54.1 Å². The van der Waals surface area contributed by atoms with Crippen molar-refractivity contribution >= 4 is 0 Å². The van der Waals surface area contributed by atoms with Gasteiger partial charge >= 0.3 is 5.69 Å². The Labute approximate surface area is 184 Å². The van der Waals surface area contributed by atoms with E-state index in [1.54, 1.807) is 49.5 Å². The lowest BCUT2D eigenvalue weighted by atomic mass is 10.1. The molecule has 0 N–H and O–H groups in total. The molecule has 0 aliphatic heterocycles. The number of nitrogens with zero attached hydrogens (tertiary/aromatic N) is 6. The molecular weight excluding hydrogens is 408 g/mol. The lowest BCUT2D eigenvalue weighted by Crippen LogP contribution is -2.23. The molecule has 32 heavy (non-hydrogen) atoms. The Balaban J connectivity index is 1.56. The zero-order chi connectivity index (χ0) is 22.7. The fraction of sp³-hybridized carbons (Fsp3) is 0.174. The molecule has 4 aromatic rings. The van der Waals surface area contributed by atoms with E-state index >= 15 is 0 Å². The van der Waals surface area contributed by atoms with Crippen LogP contribution in [0.3, 0.4) is 0 Å². The third-order valence-electron chi connectivity index (χ3n) is 4.94. The number of aromatic nitrogens is 5. The van der Waals surface area contributed by atoms with Crippen molar-refractivity contribution in [3.05, 3.63) is 87.5 Å². The van der Waals surface area contributed by atoms with Gasteiger partial charge in [0.25, 0.3) is 0 Å². The van der Waals surface area contributed by atoms with Crippen molar-refractivity contribution in [2.24, 2.45) is 7.05 Å². The van der Waals surface area contributed by atoms with Gasteiger partial charge in [-0.3, -0.25) is 0 Å².